The number of rotatable bonds is 11. The third-order valence-corrected chi connectivity index (χ3v) is 2.63. The van der Waals surface area contributed by atoms with Gasteiger partial charge in [-0.2, -0.15) is 0 Å². The van der Waals surface area contributed by atoms with E-state index in [0.717, 1.165) is 51.2 Å². The lowest BCUT2D eigenvalue weighted by Gasteiger charge is -2.13. The maximum atomic E-state index is 10.7. The highest BCUT2D eigenvalue weighted by molar-refractivity contribution is 5.66. The number of aldehydes is 1. The van der Waals surface area contributed by atoms with Gasteiger partial charge in [-0.1, -0.05) is 25.7 Å². The Morgan fingerprint density at radius 1 is 1.18 bits per heavy atom. The summed E-state index contributed by atoms with van der Waals surface area (Å²) in [4.78, 5) is 20.8. The molecule has 0 aromatic carbocycles. The number of carbonyl (C=O) groups is 2. The molecule has 0 fully saturated rings. The van der Waals surface area contributed by atoms with Gasteiger partial charge in [-0.3, -0.25) is 4.79 Å². The van der Waals surface area contributed by atoms with E-state index in [1.807, 2.05) is 0 Å². The molecule has 0 heterocycles. The smallest absolute Gasteiger partial charge is 0.302 e. The van der Waals surface area contributed by atoms with Crippen LogP contribution in [0.3, 0.4) is 0 Å². The second kappa shape index (κ2) is 11.6. The molecule has 17 heavy (non-hydrogen) atoms. The monoisotopic (exact) mass is 244 g/mol. The minimum absolute atomic E-state index is 0.0983. The van der Waals surface area contributed by atoms with Crippen LogP contribution in [0.1, 0.15) is 58.3 Å². The van der Waals surface area contributed by atoms with Crippen LogP contribution in [0.25, 0.3) is 0 Å². The summed E-state index contributed by atoms with van der Waals surface area (Å²) in [5.41, 5.74) is 0. The third kappa shape index (κ3) is 11.4. The van der Waals surface area contributed by atoms with E-state index in [2.05, 4.69) is 0 Å². The molecule has 100 valence electrons. The van der Waals surface area contributed by atoms with E-state index >= 15 is 0 Å². The molecule has 0 rings (SSSR count). The summed E-state index contributed by atoms with van der Waals surface area (Å²) in [6.07, 6.45) is 8.42. The quantitative estimate of drug-likeness (QED) is 0.344. The molecule has 0 aliphatic carbocycles. The number of aliphatic hydroxyl groups excluding tert-OH is 1. The first-order valence-corrected chi connectivity index (χ1v) is 6.42. The van der Waals surface area contributed by atoms with Crippen molar-refractivity contribution in [1.29, 1.82) is 0 Å². The number of hydrogen-bond acceptors (Lipinski definition) is 4. The van der Waals surface area contributed by atoms with E-state index in [4.69, 9.17) is 9.84 Å². The largest absolute Gasteiger partial charge is 0.460 e. The Balaban J connectivity index is 3.30. The first-order valence-electron chi connectivity index (χ1n) is 6.42. The van der Waals surface area contributed by atoms with Crippen LogP contribution in [0.2, 0.25) is 0 Å². The fourth-order valence-electron chi connectivity index (χ4n) is 1.73. The third-order valence-electron chi connectivity index (χ3n) is 2.63. The Hall–Kier alpha value is -0.900. The summed E-state index contributed by atoms with van der Waals surface area (Å²) < 4.78 is 4.93. The normalized spacial score (nSPS) is 12.1. The molecule has 0 aliphatic rings. The highest BCUT2D eigenvalue weighted by atomic mass is 16.5. The number of esters is 1. The van der Waals surface area contributed by atoms with E-state index in [1.165, 1.54) is 6.92 Å². The molecule has 0 aromatic rings. The molecule has 0 amide bonds. The standard InChI is InChI=1S/C13H24O4/c1-12(16)17-13(11-15)9-7-5-3-2-4-6-8-10-14/h10,13,15H,2-9,11H2,1H3. The first-order chi connectivity index (χ1) is 8.20. The summed E-state index contributed by atoms with van der Waals surface area (Å²) >= 11 is 0. The maximum Gasteiger partial charge on any atom is 0.302 e. The van der Waals surface area contributed by atoms with Crippen LogP contribution in [0.5, 0.6) is 0 Å². The van der Waals surface area contributed by atoms with Crippen LogP contribution in [-0.2, 0) is 14.3 Å². The van der Waals surface area contributed by atoms with Crippen molar-refractivity contribution < 1.29 is 19.4 Å². The van der Waals surface area contributed by atoms with E-state index in [-0.39, 0.29) is 18.7 Å². The Morgan fingerprint density at radius 3 is 2.29 bits per heavy atom. The molecule has 0 saturated carbocycles. The number of aliphatic hydroxyl groups is 1. The molecule has 0 spiro atoms. The van der Waals surface area contributed by atoms with E-state index in [9.17, 15) is 9.59 Å². The van der Waals surface area contributed by atoms with Crippen molar-refractivity contribution in [2.75, 3.05) is 6.61 Å². The van der Waals surface area contributed by atoms with Crippen LogP contribution in [0.4, 0.5) is 0 Å². The van der Waals surface area contributed by atoms with Gasteiger partial charge in [0, 0.05) is 13.3 Å². The molecule has 0 bridgehead atoms. The minimum Gasteiger partial charge on any atom is -0.460 e. The first kappa shape index (κ1) is 16.1. The van der Waals surface area contributed by atoms with Crippen LogP contribution in [0, 0.1) is 0 Å². The number of ether oxygens (including phenoxy) is 1. The van der Waals surface area contributed by atoms with Crippen molar-refractivity contribution in [2.45, 2.75) is 64.4 Å². The number of unbranched alkanes of at least 4 members (excludes halogenated alkanes) is 6. The molecular formula is C13H24O4. The maximum absolute atomic E-state index is 10.7. The Bertz CT molecular complexity index is 204. The number of carbonyl (C=O) groups excluding carboxylic acids is 2. The lowest BCUT2D eigenvalue weighted by molar-refractivity contribution is -0.148. The van der Waals surface area contributed by atoms with Gasteiger partial charge in [0.25, 0.3) is 0 Å². The number of hydrogen-bond donors (Lipinski definition) is 1. The topological polar surface area (TPSA) is 63.6 Å². The van der Waals surface area contributed by atoms with Gasteiger partial charge in [-0.15, -0.1) is 0 Å². The van der Waals surface area contributed by atoms with Crippen LogP contribution >= 0.6 is 0 Å². The van der Waals surface area contributed by atoms with Crippen molar-refractivity contribution in [2.24, 2.45) is 0 Å². The van der Waals surface area contributed by atoms with Gasteiger partial charge in [0.1, 0.15) is 12.4 Å². The predicted molar refractivity (Wildman–Crippen MR) is 65.6 cm³/mol. The molecule has 4 nitrogen and oxygen atoms in total. The Kier molecular flexibility index (Phi) is 11.0. The summed E-state index contributed by atoms with van der Waals surface area (Å²) in [6.45, 7) is 1.26. The van der Waals surface area contributed by atoms with Gasteiger partial charge in [0.15, 0.2) is 0 Å². The molecule has 4 heteroatoms. The van der Waals surface area contributed by atoms with Crippen molar-refractivity contribution in [3.8, 4) is 0 Å². The Labute approximate surface area is 103 Å². The molecule has 1 N–H and O–H groups in total. The van der Waals surface area contributed by atoms with Gasteiger partial charge in [-0.05, 0) is 19.3 Å². The lowest BCUT2D eigenvalue weighted by Crippen LogP contribution is -2.20. The molecule has 0 aromatic heterocycles. The summed E-state index contributed by atoms with van der Waals surface area (Å²) in [5, 5.41) is 8.96. The average Bonchev–Trinajstić information content (AvgIpc) is 2.30. The minimum atomic E-state index is -0.345. The van der Waals surface area contributed by atoms with E-state index in [0.29, 0.717) is 6.42 Å². The zero-order valence-corrected chi connectivity index (χ0v) is 10.7. The fraction of sp³-hybridized carbons (Fsp3) is 0.846. The van der Waals surface area contributed by atoms with Crippen molar-refractivity contribution in [3.05, 3.63) is 0 Å². The van der Waals surface area contributed by atoms with Crippen LogP contribution < -0.4 is 0 Å². The Morgan fingerprint density at radius 2 is 1.76 bits per heavy atom. The fourth-order valence-corrected chi connectivity index (χ4v) is 1.73. The zero-order valence-electron chi connectivity index (χ0n) is 10.7. The molecule has 1 atom stereocenters. The molecule has 0 saturated heterocycles. The second-order valence-electron chi connectivity index (χ2n) is 4.28. The average molecular weight is 244 g/mol. The molecule has 1 unspecified atom stereocenters. The summed E-state index contributed by atoms with van der Waals surface area (Å²) in [7, 11) is 0. The van der Waals surface area contributed by atoms with Crippen molar-refractivity contribution >= 4 is 12.3 Å². The predicted octanol–water partition coefficient (Wildman–Crippen LogP) is 2.23. The highest BCUT2D eigenvalue weighted by Gasteiger charge is 2.09. The SMILES string of the molecule is CC(=O)OC(CO)CCCCCCCCC=O. The van der Waals surface area contributed by atoms with Gasteiger partial charge >= 0.3 is 5.97 Å². The van der Waals surface area contributed by atoms with Gasteiger partial charge in [0.2, 0.25) is 0 Å². The highest BCUT2D eigenvalue weighted by Crippen LogP contribution is 2.11. The van der Waals surface area contributed by atoms with E-state index in [1.54, 1.807) is 0 Å². The second-order valence-corrected chi connectivity index (χ2v) is 4.28. The van der Waals surface area contributed by atoms with Gasteiger partial charge in [0.05, 0.1) is 6.61 Å². The lowest BCUT2D eigenvalue weighted by atomic mass is 10.1. The van der Waals surface area contributed by atoms with Crippen LogP contribution in [-0.4, -0.2) is 30.1 Å². The van der Waals surface area contributed by atoms with Gasteiger partial charge < -0.3 is 14.6 Å². The summed E-state index contributed by atoms with van der Waals surface area (Å²) in [5.74, 6) is -0.335. The van der Waals surface area contributed by atoms with Crippen LogP contribution in [0.15, 0.2) is 0 Å². The molecule has 0 aliphatic heterocycles. The van der Waals surface area contributed by atoms with Crippen molar-refractivity contribution in [3.63, 3.8) is 0 Å². The molecular weight excluding hydrogens is 220 g/mol. The molecule has 0 radical (unpaired) electrons. The van der Waals surface area contributed by atoms with E-state index < -0.39 is 0 Å². The van der Waals surface area contributed by atoms with Gasteiger partial charge in [-0.25, -0.2) is 0 Å². The summed E-state index contributed by atoms with van der Waals surface area (Å²) in [6, 6.07) is 0. The van der Waals surface area contributed by atoms with Crippen molar-refractivity contribution in [1.82, 2.24) is 0 Å². The zero-order chi connectivity index (χ0) is 12.9.